The Balaban J connectivity index is 1.94. The van der Waals surface area contributed by atoms with Crippen molar-refractivity contribution >= 4 is 0 Å². The lowest BCUT2D eigenvalue weighted by molar-refractivity contribution is 0.108. The summed E-state index contributed by atoms with van der Waals surface area (Å²) in [5.74, 6) is 1.29. The monoisotopic (exact) mass is 270 g/mol. The number of benzene rings is 2. The van der Waals surface area contributed by atoms with E-state index in [0.717, 1.165) is 11.3 Å². The van der Waals surface area contributed by atoms with Crippen LogP contribution < -0.4 is 4.74 Å². The lowest BCUT2D eigenvalue weighted by atomic mass is 10.0. The molecule has 0 saturated heterocycles. The number of aliphatic hydroxyl groups is 1. The molecule has 0 radical (unpaired) electrons. The molecule has 2 aromatic rings. The molecule has 2 aromatic carbocycles. The van der Waals surface area contributed by atoms with Gasteiger partial charge in [0.1, 0.15) is 18.5 Å². The fraction of sp³-hybridized carbons (Fsp3) is 0.333. The first-order valence-corrected chi connectivity index (χ1v) is 7.03. The molecule has 0 aliphatic heterocycles. The van der Waals surface area contributed by atoms with E-state index in [1.165, 1.54) is 11.1 Å². The Morgan fingerprint density at radius 1 is 0.900 bits per heavy atom. The zero-order valence-corrected chi connectivity index (χ0v) is 12.3. The highest BCUT2D eigenvalue weighted by atomic mass is 16.5. The third-order valence-corrected chi connectivity index (χ3v) is 3.42. The van der Waals surface area contributed by atoms with E-state index < -0.39 is 6.10 Å². The van der Waals surface area contributed by atoms with Crippen LogP contribution in [0.3, 0.4) is 0 Å². The van der Waals surface area contributed by atoms with Crippen LogP contribution in [-0.4, -0.2) is 11.7 Å². The van der Waals surface area contributed by atoms with E-state index in [9.17, 15) is 5.11 Å². The molecular formula is C18H22O2. The van der Waals surface area contributed by atoms with E-state index in [1.807, 2.05) is 43.3 Å². The molecule has 0 bridgehead atoms. The molecule has 2 nitrogen and oxygen atoms in total. The van der Waals surface area contributed by atoms with Gasteiger partial charge in [-0.3, -0.25) is 0 Å². The molecule has 1 unspecified atom stereocenters. The second-order valence-electron chi connectivity index (χ2n) is 5.46. The van der Waals surface area contributed by atoms with Crippen molar-refractivity contribution in [2.24, 2.45) is 0 Å². The number of aliphatic hydroxyl groups excluding tert-OH is 1. The number of rotatable bonds is 5. The molecule has 0 fully saturated rings. The van der Waals surface area contributed by atoms with E-state index in [2.05, 4.69) is 26.0 Å². The van der Waals surface area contributed by atoms with Gasteiger partial charge in [0.15, 0.2) is 0 Å². The molecule has 0 saturated carbocycles. The van der Waals surface area contributed by atoms with E-state index >= 15 is 0 Å². The van der Waals surface area contributed by atoms with Gasteiger partial charge >= 0.3 is 0 Å². The molecule has 1 atom stereocenters. The number of hydrogen-bond donors (Lipinski definition) is 1. The maximum absolute atomic E-state index is 10.1. The Kier molecular flexibility index (Phi) is 4.80. The standard InChI is InChI=1S/C18H22O2/c1-13(2)15-6-8-16(9-7-15)18(19)12-20-17-10-4-14(3)5-11-17/h4-11,13,18-19H,12H2,1-3H3. The van der Waals surface area contributed by atoms with Crippen LogP contribution >= 0.6 is 0 Å². The zero-order chi connectivity index (χ0) is 14.5. The van der Waals surface area contributed by atoms with Gasteiger partial charge in [-0.25, -0.2) is 0 Å². The summed E-state index contributed by atoms with van der Waals surface area (Å²) in [6, 6.07) is 15.9. The lowest BCUT2D eigenvalue weighted by Crippen LogP contribution is -2.09. The highest BCUT2D eigenvalue weighted by molar-refractivity contribution is 5.28. The van der Waals surface area contributed by atoms with E-state index in [0.29, 0.717) is 5.92 Å². The van der Waals surface area contributed by atoms with Crippen LogP contribution in [0.15, 0.2) is 48.5 Å². The molecule has 0 amide bonds. The van der Waals surface area contributed by atoms with Gasteiger partial charge in [0, 0.05) is 0 Å². The van der Waals surface area contributed by atoms with Crippen molar-refractivity contribution in [2.75, 3.05) is 6.61 Å². The summed E-state index contributed by atoms with van der Waals surface area (Å²) in [4.78, 5) is 0. The minimum Gasteiger partial charge on any atom is -0.491 e. The Morgan fingerprint density at radius 2 is 1.45 bits per heavy atom. The van der Waals surface area contributed by atoms with Gasteiger partial charge < -0.3 is 9.84 Å². The van der Waals surface area contributed by atoms with E-state index in [4.69, 9.17) is 4.74 Å². The predicted octanol–water partition coefficient (Wildman–Crippen LogP) is 4.23. The summed E-state index contributed by atoms with van der Waals surface area (Å²) in [5.41, 5.74) is 3.36. The van der Waals surface area contributed by atoms with Gasteiger partial charge in [0.05, 0.1) is 0 Å². The Labute approximate surface area is 121 Å². The molecule has 0 heterocycles. The largest absolute Gasteiger partial charge is 0.491 e. The first kappa shape index (κ1) is 14.6. The smallest absolute Gasteiger partial charge is 0.119 e. The minimum absolute atomic E-state index is 0.268. The van der Waals surface area contributed by atoms with E-state index in [-0.39, 0.29) is 6.61 Å². The van der Waals surface area contributed by atoms with Crippen molar-refractivity contribution < 1.29 is 9.84 Å². The molecule has 0 spiro atoms. The fourth-order valence-corrected chi connectivity index (χ4v) is 2.01. The van der Waals surface area contributed by atoms with Gasteiger partial charge in [-0.05, 0) is 36.1 Å². The zero-order valence-electron chi connectivity index (χ0n) is 12.3. The second-order valence-corrected chi connectivity index (χ2v) is 5.46. The highest BCUT2D eigenvalue weighted by Crippen LogP contribution is 2.20. The lowest BCUT2D eigenvalue weighted by Gasteiger charge is -2.14. The third kappa shape index (κ3) is 3.84. The maximum atomic E-state index is 10.1. The normalized spacial score (nSPS) is 12.4. The summed E-state index contributed by atoms with van der Waals surface area (Å²) in [6.45, 7) is 6.62. The van der Waals surface area contributed by atoms with Crippen molar-refractivity contribution in [3.8, 4) is 5.75 Å². The molecule has 2 heteroatoms. The average molecular weight is 270 g/mol. The number of hydrogen-bond acceptors (Lipinski definition) is 2. The molecular weight excluding hydrogens is 248 g/mol. The second kappa shape index (κ2) is 6.58. The Bertz CT molecular complexity index is 526. The molecule has 2 rings (SSSR count). The fourth-order valence-electron chi connectivity index (χ4n) is 2.01. The summed E-state index contributed by atoms with van der Waals surface area (Å²) >= 11 is 0. The summed E-state index contributed by atoms with van der Waals surface area (Å²) in [6.07, 6.45) is -0.600. The number of ether oxygens (including phenoxy) is 1. The molecule has 0 aliphatic carbocycles. The Morgan fingerprint density at radius 3 is 2.00 bits per heavy atom. The van der Waals surface area contributed by atoms with Gasteiger partial charge in [0.2, 0.25) is 0 Å². The van der Waals surface area contributed by atoms with Crippen LogP contribution in [-0.2, 0) is 0 Å². The molecule has 106 valence electrons. The van der Waals surface area contributed by atoms with Crippen LogP contribution in [0.2, 0.25) is 0 Å². The maximum Gasteiger partial charge on any atom is 0.119 e. The van der Waals surface area contributed by atoms with Crippen LogP contribution in [0.4, 0.5) is 0 Å². The quantitative estimate of drug-likeness (QED) is 0.881. The van der Waals surface area contributed by atoms with Gasteiger partial charge in [-0.15, -0.1) is 0 Å². The molecule has 1 N–H and O–H groups in total. The first-order valence-electron chi connectivity index (χ1n) is 7.03. The summed E-state index contributed by atoms with van der Waals surface area (Å²) in [5, 5.41) is 10.1. The van der Waals surface area contributed by atoms with Crippen molar-refractivity contribution in [3.05, 3.63) is 65.2 Å². The molecule has 20 heavy (non-hydrogen) atoms. The van der Waals surface area contributed by atoms with Crippen molar-refractivity contribution in [2.45, 2.75) is 32.8 Å². The molecule has 0 aliphatic rings. The molecule has 0 aromatic heterocycles. The topological polar surface area (TPSA) is 29.5 Å². The minimum atomic E-state index is -0.600. The van der Waals surface area contributed by atoms with Gasteiger partial charge in [-0.2, -0.15) is 0 Å². The van der Waals surface area contributed by atoms with Gasteiger partial charge in [0.25, 0.3) is 0 Å². The number of aryl methyl sites for hydroxylation is 1. The van der Waals surface area contributed by atoms with Crippen LogP contribution in [0.1, 0.15) is 42.6 Å². The summed E-state index contributed by atoms with van der Waals surface area (Å²) in [7, 11) is 0. The third-order valence-electron chi connectivity index (χ3n) is 3.42. The van der Waals surface area contributed by atoms with Crippen LogP contribution in [0.25, 0.3) is 0 Å². The van der Waals surface area contributed by atoms with Crippen LogP contribution in [0.5, 0.6) is 5.75 Å². The van der Waals surface area contributed by atoms with Crippen molar-refractivity contribution in [3.63, 3.8) is 0 Å². The predicted molar refractivity (Wildman–Crippen MR) is 82.2 cm³/mol. The highest BCUT2D eigenvalue weighted by Gasteiger charge is 2.09. The first-order chi connectivity index (χ1) is 9.56. The van der Waals surface area contributed by atoms with E-state index in [1.54, 1.807) is 0 Å². The van der Waals surface area contributed by atoms with Gasteiger partial charge in [-0.1, -0.05) is 55.8 Å². The average Bonchev–Trinajstić information content (AvgIpc) is 2.46. The van der Waals surface area contributed by atoms with Crippen molar-refractivity contribution in [1.29, 1.82) is 0 Å². The SMILES string of the molecule is Cc1ccc(OCC(O)c2ccc(C(C)C)cc2)cc1. The van der Waals surface area contributed by atoms with Crippen molar-refractivity contribution in [1.82, 2.24) is 0 Å². The summed E-state index contributed by atoms with van der Waals surface area (Å²) < 4.78 is 5.60. The van der Waals surface area contributed by atoms with Crippen LogP contribution in [0, 0.1) is 6.92 Å². The Hall–Kier alpha value is -1.80.